The summed E-state index contributed by atoms with van der Waals surface area (Å²) >= 11 is 0. The van der Waals surface area contributed by atoms with Crippen LogP contribution in [0.1, 0.15) is 40.0 Å². The van der Waals surface area contributed by atoms with Crippen LogP contribution >= 0.6 is 0 Å². The van der Waals surface area contributed by atoms with Gasteiger partial charge in [-0.05, 0) is 52.0 Å². The third-order valence-corrected chi connectivity index (χ3v) is 4.27. The van der Waals surface area contributed by atoms with Gasteiger partial charge in [0, 0.05) is 12.1 Å². The molecule has 1 aliphatic rings. The maximum atomic E-state index is 6.09. The third-order valence-electron chi connectivity index (χ3n) is 4.27. The van der Waals surface area contributed by atoms with Gasteiger partial charge in [0.25, 0.3) is 0 Å². The van der Waals surface area contributed by atoms with Crippen molar-refractivity contribution in [3.63, 3.8) is 0 Å². The number of likely N-dealkylation sites (tertiary alicyclic amines) is 1. The van der Waals surface area contributed by atoms with Gasteiger partial charge in [0.2, 0.25) is 0 Å². The fraction of sp³-hybridized carbons (Fsp3) is 1.00. The molecule has 0 radical (unpaired) electrons. The Morgan fingerprint density at radius 3 is 2.31 bits per heavy atom. The molecule has 1 unspecified atom stereocenters. The highest BCUT2D eigenvalue weighted by atomic mass is 15.2. The lowest BCUT2D eigenvalue weighted by Crippen LogP contribution is -2.54. The molecule has 1 saturated heterocycles. The molecular weight excluding hydrogens is 198 g/mol. The topological polar surface area (TPSA) is 32.5 Å². The van der Waals surface area contributed by atoms with E-state index < -0.39 is 0 Å². The lowest BCUT2D eigenvalue weighted by Gasteiger charge is -2.42. The first-order chi connectivity index (χ1) is 7.72. The van der Waals surface area contributed by atoms with E-state index in [-0.39, 0.29) is 5.54 Å². The largest absolute Gasteiger partial charge is 0.329 e. The third kappa shape index (κ3) is 2.96. The Morgan fingerprint density at radius 1 is 1.12 bits per heavy atom. The highest BCUT2D eigenvalue weighted by Gasteiger charge is 2.35. The minimum absolute atomic E-state index is 0.271. The SMILES string of the molecule is CCN1CCCC(CN)(N(CC)CC)CC1. The summed E-state index contributed by atoms with van der Waals surface area (Å²) < 4.78 is 0. The van der Waals surface area contributed by atoms with Gasteiger partial charge in [-0.1, -0.05) is 20.8 Å². The van der Waals surface area contributed by atoms with Crippen LogP contribution in [0.15, 0.2) is 0 Å². The van der Waals surface area contributed by atoms with Gasteiger partial charge < -0.3 is 10.6 Å². The van der Waals surface area contributed by atoms with Gasteiger partial charge >= 0.3 is 0 Å². The molecule has 1 aliphatic heterocycles. The quantitative estimate of drug-likeness (QED) is 0.773. The maximum Gasteiger partial charge on any atom is 0.0344 e. The second kappa shape index (κ2) is 6.58. The molecule has 16 heavy (non-hydrogen) atoms. The molecule has 96 valence electrons. The molecule has 1 heterocycles. The predicted molar refractivity (Wildman–Crippen MR) is 70.7 cm³/mol. The molecule has 2 N–H and O–H groups in total. The molecule has 0 bridgehead atoms. The number of hydrogen-bond donors (Lipinski definition) is 1. The molecule has 0 aromatic rings. The van der Waals surface area contributed by atoms with Gasteiger partial charge in [-0.25, -0.2) is 0 Å². The highest BCUT2D eigenvalue weighted by molar-refractivity contribution is 4.93. The summed E-state index contributed by atoms with van der Waals surface area (Å²) in [5.74, 6) is 0. The molecule has 1 atom stereocenters. The Bertz CT molecular complexity index is 192. The molecule has 0 aliphatic carbocycles. The summed E-state index contributed by atoms with van der Waals surface area (Å²) in [5, 5.41) is 0. The molecule has 0 aromatic carbocycles. The minimum Gasteiger partial charge on any atom is -0.329 e. The van der Waals surface area contributed by atoms with Gasteiger partial charge in [-0.2, -0.15) is 0 Å². The van der Waals surface area contributed by atoms with E-state index in [2.05, 4.69) is 30.6 Å². The Balaban J connectivity index is 2.71. The van der Waals surface area contributed by atoms with Crippen molar-refractivity contribution in [1.82, 2.24) is 9.80 Å². The molecule has 3 heteroatoms. The van der Waals surface area contributed by atoms with Gasteiger partial charge in [0.05, 0.1) is 0 Å². The number of hydrogen-bond acceptors (Lipinski definition) is 3. The molecule has 1 rings (SSSR count). The van der Waals surface area contributed by atoms with Gasteiger partial charge in [-0.3, -0.25) is 4.90 Å². The summed E-state index contributed by atoms with van der Waals surface area (Å²) in [4.78, 5) is 5.13. The van der Waals surface area contributed by atoms with Crippen LogP contribution in [0.3, 0.4) is 0 Å². The van der Waals surface area contributed by atoms with Crippen LogP contribution in [-0.2, 0) is 0 Å². The standard InChI is InChI=1S/C13H29N3/c1-4-15-10-7-8-13(12-14,9-11-15)16(5-2)6-3/h4-12,14H2,1-3H3. The van der Waals surface area contributed by atoms with Crippen molar-refractivity contribution in [3.8, 4) is 0 Å². The average molecular weight is 227 g/mol. The first-order valence-corrected chi connectivity index (χ1v) is 6.89. The summed E-state index contributed by atoms with van der Waals surface area (Å²) in [6.07, 6.45) is 3.79. The molecular formula is C13H29N3. The van der Waals surface area contributed by atoms with E-state index in [1.807, 2.05) is 0 Å². The maximum absolute atomic E-state index is 6.09. The van der Waals surface area contributed by atoms with Crippen LogP contribution in [0.5, 0.6) is 0 Å². The number of rotatable bonds is 5. The van der Waals surface area contributed by atoms with Gasteiger partial charge in [0.15, 0.2) is 0 Å². The Hall–Kier alpha value is -0.120. The fourth-order valence-corrected chi connectivity index (χ4v) is 3.09. The van der Waals surface area contributed by atoms with E-state index in [1.165, 1.54) is 38.9 Å². The van der Waals surface area contributed by atoms with E-state index in [4.69, 9.17) is 5.73 Å². The van der Waals surface area contributed by atoms with E-state index >= 15 is 0 Å². The van der Waals surface area contributed by atoms with Crippen molar-refractivity contribution in [3.05, 3.63) is 0 Å². The van der Waals surface area contributed by atoms with Crippen molar-refractivity contribution in [1.29, 1.82) is 0 Å². The zero-order valence-corrected chi connectivity index (χ0v) is 11.3. The van der Waals surface area contributed by atoms with E-state index in [0.717, 1.165) is 19.6 Å². The van der Waals surface area contributed by atoms with Crippen molar-refractivity contribution in [2.45, 2.75) is 45.6 Å². The number of nitrogens with two attached hydrogens (primary N) is 1. The molecule has 0 saturated carbocycles. The monoisotopic (exact) mass is 227 g/mol. The van der Waals surface area contributed by atoms with Crippen LogP contribution in [-0.4, -0.2) is 54.6 Å². The summed E-state index contributed by atoms with van der Waals surface area (Å²) in [7, 11) is 0. The van der Waals surface area contributed by atoms with Gasteiger partial charge in [0.1, 0.15) is 0 Å². The molecule has 0 spiro atoms. The zero-order valence-electron chi connectivity index (χ0n) is 11.3. The average Bonchev–Trinajstić information content (AvgIpc) is 2.54. The highest BCUT2D eigenvalue weighted by Crippen LogP contribution is 2.27. The van der Waals surface area contributed by atoms with Crippen LogP contribution in [0, 0.1) is 0 Å². The second-order valence-corrected chi connectivity index (χ2v) is 4.89. The van der Waals surface area contributed by atoms with Crippen LogP contribution in [0.4, 0.5) is 0 Å². The number of likely N-dealkylation sites (N-methyl/N-ethyl adjacent to an activating group) is 1. The lowest BCUT2D eigenvalue weighted by atomic mass is 9.88. The van der Waals surface area contributed by atoms with Crippen molar-refractivity contribution < 1.29 is 0 Å². The Kier molecular flexibility index (Phi) is 5.73. The second-order valence-electron chi connectivity index (χ2n) is 4.89. The molecule has 1 fully saturated rings. The van der Waals surface area contributed by atoms with Crippen LogP contribution in [0.25, 0.3) is 0 Å². The Morgan fingerprint density at radius 2 is 1.81 bits per heavy atom. The first kappa shape index (κ1) is 13.9. The lowest BCUT2D eigenvalue weighted by molar-refractivity contribution is 0.0895. The van der Waals surface area contributed by atoms with Crippen LogP contribution < -0.4 is 5.73 Å². The summed E-state index contributed by atoms with van der Waals surface area (Å²) in [5.41, 5.74) is 6.36. The summed E-state index contributed by atoms with van der Waals surface area (Å²) in [6.45, 7) is 13.5. The normalized spacial score (nSPS) is 28.3. The molecule has 0 amide bonds. The Labute approximate surface area is 101 Å². The first-order valence-electron chi connectivity index (χ1n) is 6.89. The summed E-state index contributed by atoms with van der Waals surface area (Å²) in [6, 6.07) is 0. The smallest absolute Gasteiger partial charge is 0.0344 e. The van der Waals surface area contributed by atoms with Crippen molar-refractivity contribution >= 4 is 0 Å². The van der Waals surface area contributed by atoms with E-state index in [1.54, 1.807) is 0 Å². The predicted octanol–water partition coefficient (Wildman–Crippen LogP) is 1.53. The molecule has 0 aromatic heterocycles. The molecule has 3 nitrogen and oxygen atoms in total. The van der Waals surface area contributed by atoms with Gasteiger partial charge in [-0.15, -0.1) is 0 Å². The van der Waals surface area contributed by atoms with Crippen molar-refractivity contribution in [2.24, 2.45) is 5.73 Å². The number of nitrogens with zero attached hydrogens (tertiary/aromatic N) is 2. The van der Waals surface area contributed by atoms with E-state index in [9.17, 15) is 0 Å². The fourth-order valence-electron chi connectivity index (χ4n) is 3.09. The zero-order chi connectivity index (χ0) is 12.0. The van der Waals surface area contributed by atoms with Crippen molar-refractivity contribution in [2.75, 3.05) is 39.3 Å². The van der Waals surface area contributed by atoms with E-state index in [0.29, 0.717) is 0 Å². The minimum atomic E-state index is 0.271. The van der Waals surface area contributed by atoms with Crippen LogP contribution in [0.2, 0.25) is 0 Å².